The second-order valence-corrected chi connectivity index (χ2v) is 4.31. The molecule has 0 bridgehead atoms. The van der Waals surface area contributed by atoms with Gasteiger partial charge >= 0.3 is 0 Å². The van der Waals surface area contributed by atoms with Gasteiger partial charge in [-0.3, -0.25) is 9.78 Å². The van der Waals surface area contributed by atoms with Crippen molar-refractivity contribution in [1.29, 1.82) is 0 Å². The van der Waals surface area contributed by atoms with Crippen LogP contribution in [0, 0.1) is 5.82 Å². The van der Waals surface area contributed by atoms with Gasteiger partial charge in [0.05, 0.1) is 5.69 Å². The summed E-state index contributed by atoms with van der Waals surface area (Å²) in [6.07, 6.45) is 1.40. The van der Waals surface area contributed by atoms with Gasteiger partial charge in [-0.1, -0.05) is 23.2 Å². The van der Waals surface area contributed by atoms with E-state index in [4.69, 9.17) is 23.2 Å². The fraction of sp³-hybridized carbons (Fsp3) is 0. The van der Waals surface area contributed by atoms with Crippen molar-refractivity contribution in [2.24, 2.45) is 0 Å². The smallest absolute Gasteiger partial charge is 0.274 e. The first-order chi connectivity index (χ1) is 8.56. The van der Waals surface area contributed by atoms with Crippen LogP contribution < -0.4 is 5.32 Å². The molecule has 0 aliphatic carbocycles. The van der Waals surface area contributed by atoms with Crippen LogP contribution in [0.5, 0.6) is 0 Å². The molecule has 1 amide bonds. The Hall–Kier alpha value is -1.65. The van der Waals surface area contributed by atoms with E-state index in [1.165, 1.54) is 24.4 Å². The zero-order valence-corrected chi connectivity index (χ0v) is 10.5. The molecule has 1 heterocycles. The van der Waals surface area contributed by atoms with Gasteiger partial charge < -0.3 is 5.32 Å². The molecule has 1 aromatic heterocycles. The summed E-state index contributed by atoms with van der Waals surface area (Å²) in [5, 5.41) is 3.02. The molecule has 0 atom stereocenters. The molecule has 2 aromatic rings. The van der Waals surface area contributed by atoms with E-state index in [9.17, 15) is 9.18 Å². The zero-order valence-electron chi connectivity index (χ0n) is 8.95. The molecule has 1 N–H and O–H groups in total. The average molecular weight is 285 g/mol. The fourth-order valence-corrected chi connectivity index (χ4v) is 1.62. The van der Waals surface area contributed by atoms with E-state index in [-0.39, 0.29) is 16.4 Å². The summed E-state index contributed by atoms with van der Waals surface area (Å²) < 4.78 is 13.5. The number of aromatic nitrogens is 1. The fourth-order valence-electron chi connectivity index (χ4n) is 1.31. The number of hydrogen-bond acceptors (Lipinski definition) is 2. The molecule has 0 saturated carbocycles. The van der Waals surface area contributed by atoms with Crippen LogP contribution in [-0.4, -0.2) is 10.9 Å². The van der Waals surface area contributed by atoms with E-state index < -0.39 is 11.7 Å². The normalized spacial score (nSPS) is 10.2. The van der Waals surface area contributed by atoms with Gasteiger partial charge in [0.1, 0.15) is 11.5 Å². The number of nitrogens with one attached hydrogen (secondary N) is 1. The first-order valence-corrected chi connectivity index (χ1v) is 5.70. The molecule has 3 nitrogen and oxygen atoms in total. The van der Waals surface area contributed by atoms with Crippen LogP contribution in [-0.2, 0) is 0 Å². The zero-order chi connectivity index (χ0) is 13.1. The highest BCUT2D eigenvalue weighted by Crippen LogP contribution is 2.19. The second kappa shape index (κ2) is 5.33. The summed E-state index contributed by atoms with van der Waals surface area (Å²) in [5.74, 6) is -1.16. The first-order valence-electron chi connectivity index (χ1n) is 4.94. The molecule has 18 heavy (non-hydrogen) atoms. The van der Waals surface area contributed by atoms with Crippen molar-refractivity contribution >= 4 is 34.8 Å². The summed E-state index contributed by atoms with van der Waals surface area (Å²) in [4.78, 5) is 15.6. The van der Waals surface area contributed by atoms with Crippen molar-refractivity contribution in [3.05, 3.63) is 58.1 Å². The Labute approximate surface area is 113 Å². The summed E-state index contributed by atoms with van der Waals surface area (Å²) in [7, 11) is 0. The number of carbonyl (C=O) groups excluding carboxylic acids is 1. The van der Waals surface area contributed by atoms with Crippen LogP contribution in [0.3, 0.4) is 0 Å². The SMILES string of the molecule is O=C(Nc1ccc(Cl)cc1F)c1cc(Cl)ccn1. The third-order valence-corrected chi connectivity index (χ3v) is 2.60. The van der Waals surface area contributed by atoms with E-state index in [0.29, 0.717) is 5.02 Å². The van der Waals surface area contributed by atoms with Gasteiger partial charge in [-0.25, -0.2) is 4.39 Å². The molecular weight excluding hydrogens is 278 g/mol. The summed E-state index contributed by atoms with van der Waals surface area (Å²) in [5.41, 5.74) is 0.142. The molecule has 0 unspecified atom stereocenters. The van der Waals surface area contributed by atoms with Gasteiger partial charge in [0.2, 0.25) is 0 Å². The number of amides is 1. The minimum absolute atomic E-state index is 0.0335. The summed E-state index contributed by atoms with van der Waals surface area (Å²) >= 11 is 11.3. The molecule has 0 fully saturated rings. The van der Waals surface area contributed by atoms with E-state index in [2.05, 4.69) is 10.3 Å². The Kier molecular flexibility index (Phi) is 3.79. The third kappa shape index (κ3) is 2.97. The van der Waals surface area contributed by atoms with Crippen LogP contribution in [0.1, 0.15) is 10.5 Å². The molecule has 0 saturated heterocycles. The van der Waals surface area contributed by atoms with Crippen LogP contribution in [0.15, 0.2) is 36.5 Å². The second-order valence-electron chi connectivity index (χ2n) is 3.44. The third-order valence-electron chi connectivity index (χ3n) is 2.13. The van der Waals surface area contributed by atoms with Gasteiger partial charge in [-0.2, -0.15) is 0 Å². The summed E-state index contributed by atoms with van der Waals surface area (Å²) in [6, 6.07) is 6.90. The number of rotatable bonds is 2. The quantitative estimate of drug-likeness (QED) is 0.912. The lowest BCUT2D eigenvalue weighted by molar-refractivity contribution is 0.102. The Morgan fingerprint density at radius 2 is 1.89 bits per heavy atom. The Morgan fingerprint density at radius 1 is 1.17 bits per heavy atom. The van der Waals surface area contributed by atoms with E-state index in [0.717, 1.165) is 6.07 Å². The van der Waals surface area contributed by atoms with Gasteiger partial charge in [-0.15, -0.1) is 0 Å². The number of anilines is 1. The van der Waals surface area contributed by atoms with Crippen LogP contribution in [0.2, 0.25) is 10.0 Å². The molecular formula is C12H7Cl2FN2O. The highest BCUT2D eigenvalue weighted by molar-refractivity contribution is 6.31. The number of benzene rings is 1. The number of hydrogen-bond donors (Lipinski definition) is 1. The first kappa shape index (κ1) is 12.8. The minimum Gasteiger partial charge on any atom is -0.318 e. The topological polar surface area (TPSA) is 42.0 Å². The predicted molar refractivity (Wildman–Crippen MR) is 68.6 cm³/mol. The van der Waals surface area contributed by atoms with Gasteiger partial charge in [-0.05, 0) is 30.3 Å². The predicted octanol–water partition coefficient (Wildman–Crippen LogP) is 3.78. The number of pyridine rings is 1. The van der Waals surface area contributed by atoms with Crippen molar-refractivity contribution in [2.45, 2.75) is 0 Å². The molecule has 2 rings (SSSR count). The van der Waals surface area contributed by atoms with E-state index in [1.54, 1.807) is 6.07 Å². The highest BCUT2D eigenvalue weighted by Gasteiger charge is 2.11. The number of halogens is 3. The average Bonchev–Trinajstić information content (AvgIpc) is 2.32. The molecule has 1 aromatic carbocycles. The number of nitrogens with zero attached hydrogens (tertiary/aromatic N) is 1. The van der Waals surface area contributed by atoms with Crippen molar-refractivity contribution < 1.29 is 9.18 Å². The van der Waals surface area contributed by atoms with Crippen LogP contribution in [0.25, 0.3) is 0 Å². The lowest BCUT2D eigenvalue weighted by atomic mass is 10.3. The Balaban J connectivity index is 2.21. The van der Waals surface area contributed by atoms with E-state index >= 15 is 0 Å². The van der Waals surface area contributed by atoms with Gasteiger partial charge in [0.15, 0.2) is 0 Å². The van der Waals surface area contributed by atoms with Crippen molar-refractivity contribution in [3.8, 4) is 0 Å². The van der Waals surface area contributed by atoms with Gasteiger partial charge in [0.25, 0.3) is 5.91 Å². The molecule has 0 spiro atoms. The maximum Gasteiger partial charge on any atom is 0.274 e. The largest absolute Gasteiger partial charge is 0.318 e. The Morgan fingerprint density at radius 3 is 2.56 bits per heavy atom. The number of carbonyl (C=O) groups is 1. The van der Waals surface area contributed by atoms with Crippen LogP contribution >= 0.6 is 23.2 Å². The summed E-state index contributed by atoms with van der Waals surface area (Å²) in [6.45, 7) is 0. The molecule has 0 aliphatic rings. The monoisotopic (exact) mass is 284 g/mol. The molecule has 0 aliphatic heterocycles. The van der Waals surface area contributed by atoms with E-state index in [1.807, 2.05) is 0 Å². The van der Waals surface area contributed by atoms with Gasteiger partial charge in [0, 0.05) is 16.2 Å². The lowest BCUT2D eigenvalue weighted by Crippen LogP contribution is -2.14. The maximum absolute atomic E-state index is 13.5. The van der Waals surface area contributed by atoms with Crippen molar-refractivity contribution in [3.63, 3.8) is 0 Å². The lowest BCUT2D eigenvalue weighted by Gasteiger charge is -2.06. The van der Waals surface area contributed by atoms with Crippen molar-refractivity contribution in [2.75, 3.05) is 5.32 Å². The maximum atomic E-state index is 13.5. The van der Waals surface area contributed by atoms with Crippen LogP contribution in [0.4, 0.5) is 10.1 Å². The standard InChI is InChI=1S/C12H7Cl2FN2O/c13-7-1-2-10(9(15)5-7)17-12(18)11-6-8(14)3-4-16-11/h1-6H,(H,17,18). The van der Waals surface area contributed by atoms with Crippen molar-refractivity contribution in [1.82, 2.24) is 4.98 Å². The molecule has 92 valence electrons. The molecule has 0 radical (unpaired) electrons. The highest BCUT2D eigenvalue weighted by atomic mass is 35.5. The minimum atomic E-state index is -0.613. The Bertz CT molecular complexity index is 604. The molecule has 6 heteroatoms.